The molecule has 5 aromatic rings. The minimum Gasteiger partial charge on any atom is -0.454 e. The molecule has 0 spiro atoms. The largest absolute Gasteiger partial charge is 0.454 e. The maximum atomic E-state index is 13.0. The number of ether oxygens (including phenoxy) is 1. The van der Waals surface area contributed by atoms with Crippen LogP contribution >= 0.6 is 11.6 Å². The number of anilines is 3. The van der Waals surface area contributed by atoms with Gasteiger partial charge in [0.2, 0.25) is 11.9 Å². The minimum absolute atomic E-state index is 0.00257. The van der Waals surface area contributed by atoms with Crippen LogP contribution < -0.4 is 31.3 Å². The molecule has 1 heterocycles. The Kier molecular flexibility index (Phi) is 12.8. The van der Waals surface area contributed by atoms with Gasteiger partial charge >= 0.3 is 24.0 Å². The van der Waals surface area contributed by atoms with E-state index in [-0.39, 0.29) is 37.3 Å². The number of nitrogens with zero attached hydrogens (tertiary/aromatic N) is 3. The average Bonchev–Trinajstić information content (AvgIpc) is 4.01. The quantitative estimate of drug-likeness (QED) is 0.0530. The molecule has 1 saturated carbocycles. The lowest BCUT2D eigenvalue weighted by Gasteiger charge is -2.25. The molecule has 59 heavy (non-hydrogen) atoms. The van der Waals surface area contributed by atoms with E-state index in [0.717, 1.165) is 18.4 Å². The molecular formula is C42H40ClF3N8O5. The minimum atomic E-state index is -4.62. The van der Waals surface area contributed by atoms with E-state index in [2.05, 4.69) is 41.5 Å². The van der Waals surface area contributed by atoms with Gasteiger partial charge in [-0.3, -0.25) is 19.2 Å². The zero-order valence-corrected chi connectivity index (χ0v) is 32.7. The first-order valence-electron chi connectivity index (χ1n) is 18.5. The number of amides is 3. The molecule has 1 aliphatic carbocycles. The van der Waals surface area contributed by atoms with Crippen LogP contribution in [0.15, 0.2) is 103 Å². The molecule has 306 valence electrons. The Hall–Kier alpha value is -6.55. The van der Waals surface area contributed by atoms with Gasteiger partial charge in [-0.2, -0.15) is 28.1 Å². The van der Waals surface area contributed by atoms with Crippen LogP contribution in [0.3, 0.4) is 0 Å². The molecule has 17 heteroatoms. The zero-order valence-electron chi connectivity index (χ0n) is 32.0. The van der Waals surface area contributed by atoms with E-state index < -0.39 is 47.5 Å². The normalized spacial score (nSPS) is 13.1. The molecule has 13 nitrogen and oxygen atoms in total. The van der Waals surface area contributed by atoms with Gasteiger partial charge in [-0.25, -0.2) is 0 Å². The molecule has 0 radical (unpaired) electrons. The fourth-order valence-corrected chi connectivity index (χ4v) is 5.91. The molecule has 0 bridgehead atoms. The topological polar surface area (TPSA) is 176 Å². The number of nitrogens with one attached hydrogen (secondary N) is 5. The number of hydrogen-bond donors (Lipinski definition) is 5. The van der Waals surface area contributed by atoms with Gasteiger partial charge < -0.3 is 31.3 Å². The summed E-state index contributed by atoms with van der Waals surface area (Å²) in [4.78, 5) is 63.1. The monoisotopic (exact) mass is 828 g/mol. The van der Waals surface area contributed by atoms with Crippen LogP contribution in [0.25, 0.3) is 0 Å². The molecular weight excluding hydrogens is 789 g/mol. The van der Waals surface area contributed by atoms with Crippen LogP contribution in [0.2, 0.25) is 5.02 Å². The summed E-state index contributed by atoms with van der Waals surface area (Å²) in [6, 6.07) is 28.5. The second-order valence-corrected chi connectivity index (χ2v) is 15.1. The van der Waals surface area contributed by atoms with Gasteiger partial charge in [0.05, 0.1) is 5.54 Å². The van der Waals surface area contributed by atoms with E-state index >= 15 is 0 Å². The Morgan fingerprint density at radius 1 is 0.712 bits per heavy atom. The fourth-order valence-electron chi connectivity index (χ4n) is 5.78. The van der Waals surface area contributed by atoms with Crippen molar-refractivity contribution in [3.05, 3.63) is 136 Å². The second-order valence-electron chi connectivity index (χ2n) is 14.7. The van der Waals surface area contributed by atoms with Crippen molar-refractivity contribution in [1.29, 1.82) is 0 Å². The number of ketones is 1. The lowest BCUT2D eigenvalue weighted by molar-refractivity contribution is -0.154. The first-order chi connectivity index (χ1) is 28.1. The number of aromatic nitrogens is 3. The molecule has 1 aliphatic rings. The Bertz CT molecular complexity index is 2290. The molecule has 0 aliphatic heterocycles. The molecule has 0 unspecified atom stereocenters. The highest BCUT2D eigenvalue weighted by atomic mass is 35.5. The number of carbonyl (C=O) groups excluding carboxylic acids is 4. The number of halogens is 4. The van der Waals surface area contributed by atoms with Crippen molar-refractivity contribution in [2.75, 3.05) is 30.3 Å². The van der Waals surface area contributed by atoms with Gasteiger partial charge in [0.15, 0.2) is 12.4 Å². The van der Waals surface area contributed by atoms with Crippen molar-refractivity contribution in [3.8, 4) is 6.01 Å². The molecule has 4 aromatic carbocycles. The highest BCUT2D eigenvalue weighted by Gasteiger charge is 2.45. The first-order valence-corrected chi connectivity index (χ1v) is 18.8. The molecule has 0 saturated heterocycles. The Morgan fingerprint density at radius 3 is 1.95 bits per heavy atom. The number of benzene rings is 4. The van der Waals surface area contributed by atoms with E-state index in [9.17, 15) is 32.3 Å². The van der Waals surface area contributed by atoms with E-state index in [1.165, 1.54) is 12.1 Å². The van der Waals surface area contributed by atoms with Gasteiger partial charge in [0.25, 0.3) is 5.91 Å². The number of carbonyl (C=O) groups is 4. The molecule has 3 amide bonds. The molecule has 1 aromatic heterocycles. The fraction of sp³-hybridized carbons (Fsp3) is 0.262. The highest BCUT2D eigenvalue weighted by Crippen LogP contribution is 2.48. The van der Waals surface area contributed by atoms with Crippen molar-refractivity contribution in [2.45, 2.75) is 44.9 Å². The summed E-state index contributed by atoms with van der Waals surface area (Å²) in [5, 5.41) is 14.7. The SMILES string of the molecule is CC(C)(CNC(=O)C(=O)NCc1ccc(C(=O)c2ccccc2)cc1)CNC(=O)c1ccc(Nc2nc(NC3(c4ccc(Cl)cc4)CC3)nc(OCC(F)(F)F)n2)cc1. The van der Waals surface area contributed by atoms with Crippen LogP contribution in [0, 0.1) is 5.41 Å². The maximum absolute atomic E-state index is 13.0. The summed E-state index contributed by atoms with van der Waals surface area (Å²) in [5.74, 6) is -2.28. The Labute approximate surface area is 342 Å². The summed E-state index contributed by atoms with van der Waals surface area (Å²) in [7, 11) is 0. The van der Waals surface area contributed by atoms with E-state index in [1.807, 2.05) is 32.0 Å². The van der Waals surface area contributed by atoms with Gasteiger partial charge in [0.1, 0.15) is 0 Å². The molecule has 0 atom stereocenters. The molecule has 1 fully saturated rings. The summed E-state index contributed by atoms with van der Waals surface area (Å²) in [6.07, 6.45) is -3.16. The summed E-state index contributed by atoms with van der Waals surface area (Å²) in [6.45, 7) is 2.33. The van der Waals surface area contributed by atoms with E-state index in [4.69, 9.17) is 16.3 Å². The smallest absolute Gasteiger partial charge is 0.422 e. The lowest BCUT2D eigenvalue weighted by Crippen LogP contribution is -2.46. The predicted octanol–water partition coefficient (Wildman–Crippen LogP) is 6.73. The highest BCUT2D eigenvalue weighted by molar-refractivity contribution is 6.35. The van der Waals surface area contributed by atoms with Crippen LogP contribution in [-0.4, -0.2) is 64.3 Å². The summed E-state index contributed by atoms with van der Waals surface area (Å²) < 4.78 is 43.8. The zero-order chi connectivity index (χ0) is 42.2. The third-order valence-corrected chi connectivity index (χ3v) is 9.50. The number of hydrogen-bond acceptors (Lipinski definition) is 10. The van der Waals surface area contributed by atoms with Gasteiger partial charge in [0, 0.05) is 47.0 Å². The third kappa shape index (κ3) is 12.0. The lowest BCUT2D eigenvalue weighted by atomic mass is 9.93. The third-order valence-electron chi connectivity index (χ3n) is 9.25. The van der Waals surface area contributed by atoms with Crippen molar-refractivity contribution in [3.63, 3.8) is 0 Å². The van der Waals surface area contributed by atoms with Gasteiger partial charge in [-0.1, -0.05) is 92.2 Å². The van der Waals surface area contributed by atoms with Gasteiger partial charge in [-0.05, 0) is 65.8 Å². The van der Waals surface area contributed by atoms with Crippen LogP contribution in [0.5, 0.6) is 6.01 Å². The molecule has 6 rings (SSSR count). The van der Waals surface area contributed by atoms with Crippen LogP contribution in [0.1, 0.15) is 64.1 Å². The van der Waals surface area contributed by atoms with Gasteiger partial charge in [-0.15, -0.1) is 0 Å². The number of rotatable bonds is 16. The van der Waals surface area contributed by atoms with Crippen LogP contribution in [-0.2, 0) is 21.7 Å². The van der Waals surface area contributed by atoms with Crippen LogP contribution in [0.4, 0.5) is 30.8 Å². The van der Waals surface area contributed by atoms with Crippen molar-refractivity contribution < 1.29 is 37.1 Å². The first kappa shape index (κ1) is 42.1. The number of alkyl halides is 3. The van der Waals surface area contributed by atoms with Crippen molar-refractivity contribution in [2.24, 2.45) is 5.41 Å². The van der Waals surface area contributed by atoms with E-state index in [0.29, 0.717) is 33.0 Å². The second kappa shape index (κ2) is 17.9. The summed E-state index contributed by atoms with van der Waals surface area (Å²) >= 11 is 6.04. The maximum Gasteiger partial charge on any atom is 0.422 e. The summed E-state index contributed by atoms with van der Waals surface area (Å²) in [5.41, 5.74) is 2.24. The molecule has 5 N–H and O–H groups in total. The van der Waals surface area contributed by atoms with Crippen molar-refractivity contribution >= 4 is 52.7 Å². The standard InChI is InChI=1S/C42H40ClF3N8O5/c1-40(2,24-49-36(58)35(57)47-22-26-8-10-28(11-9-26)33(55)27-6-4-3-5-7-27)23-48-34(56)29-12-18-32(19-13-29)50-37-51-38(53-39(52-37)59-25-42(44,45)46)54-41(20-21-41)30-14-16-31(43)17-15-30/h3-19H,20-25H2,1-2H3,(H,47,57)(H,48,56)(H,49,58)(H2,50,51,52,53,54). The Morgan fingerprint density at radius 2 is 1.31 bits per heavy atom. The van der Waals surface area contributed by atoms with E-state index in [1.54, 1.807) is 72.8 Å². The van der Waals surface area contributed by atoms with Crippen molar-refractivity contribution in [1.82, 2.24) is 30.9 Å². The Balaban J connectivity index is 0.979. The average molecular weight is 829 g/mol. The predicted molar refractivity (Wildman–Crippen MR) is 214 cm³/mol.